The molecule has 2 fully saturated rings. The Bertz CT molecular complexity index is 404. The number of aromatic nitrogens is 3. The van der Waals surface area contributed by atoms with Gasteiger partial charge in [-0.15, -0.1) is 0 Å². The number of rotatable bonds is 3. The van der Waals surface area contributed by atoms with Crippen LogP contribution in [0.5, 0.6) is 0 Å². The van der Waals surface area contributed by atoms with E-state index in [2.05, 4.69) is 15.0 Å². The summed E-state index contributed by atoms with van der Waals surface area (Å²) in [6.45, 7) is 0.612. The van der Waals surface area contributed by atoms with E-state index >= 15 is 0 Å². The van der Waals surface area contributed by atoms with Gasteiger partial charge >= 0.3 is 0 Å². The lowest BCUT2D eigenvalue weighted by Gasteiger charge is -2.37. The van der Waals surface area contributed by atoms with Gasteiger partial charge in [0.1, 0.15) is 12.7 Å². The van der Waals surface area contributed by atoms with Crippen LogP contribution in [-0.2, 0) is 11.3 Å². The van der Waals surface area contributed by atoms with Crippen molar-refractivity contribution in [2.75, 3.05) is 0 Å². The first-order valence-corrected chi connectivity index (χ1v) is 6.63. The number of carbonyl (C=O) groups is 1. The lowest BCUT2D eigenvalue weighted by atomic mass is 9.98. The van der Waals surface area contributed by atoms with Crippen LogP contribution in [0.4, 0.5) is 0 Å². The lowest BCUT2D eigenvalue weighted by Crippen LogP contribution is -2.50. The smallest absolute Gasteiger partial charge is 0.224 e. The van der Waals surface area contributed by atoms with Gasteiger partial charge in [0.2, 0.25) is 5.91 Å². The maximum absolute atomic E-state index is 12.3. The Kier molecular flexibility index (Phi) is 3.03. The van der Waals surface area contributed by atoms with E-state index < -0.39 is 0 Å². The third-order valence-corrected chi connectivity index (χ3v) is 4.08. The number of fused-ring (bicyclic) bond motifs is 2. The van der Waals surface area contributed by atoms with Crippen LogP contribution in [0.25, 0.3) is 0 Å². The van der Waals surface area contributed by atoms with Crippen molar-refractivity contribution in [3.8, 4) is 0 Å². The minimum atomic E-state index is 0.241. The monoisotopic (exact) mass is 249 g/mol. The Balaban J connectivity index is 1.60. The number of nitrogens with two attached hydrogens (primary N) is 1. The number of piperidine rings is 1. The molecule has 0 aliphatic carbocycles. The van der Waals surface area contributed by atoms with E-state index in [4.69, 9.17) is 5.73 Å². The van der Waals surface area contributed by atoms with Gasteiger partial charge in [0.05, 0.1) is 6.54 Å². The highest BCUT2D eigenvalue weighted by Crippen LogP contribution is 2.35. The summed E-state index contributed by atoms with van der Waals surface area (Å²) in [6, 6.07) is 1.03. The largest absolute Gasteiger partial charge is 0.337 e. The van der Waals surface area contributed by atoms with E-state index in [1.807, 2.05) is 0 Å². The van der Waals surface area contributed by atoms with Crippen molar-refractivity contribution in [2.24, 2.45) is 5.73 Å². The third kappa shape index (κ3) is 2.12. The molecule has 0 saturated carbocycles. The maximum Gasteiger partial charge on any atom is 0.224 e. The first-order valence-electron chi connectivity index (χ1n) is 6.63. The van der Waals surface area contributed by atoms with Gasteiger partial charge in [-0.1, -0.05) is 0 Å². The molecule has 2 aliphatic heterocycles. The fraction of sp³-hybridized carbons (Fsp3) is 0.750. The van der Waals surface area contributed by atoms with Gasteiger partial charge in [-0.2, -0.15) is 5.10 Å². The van der Waals surface area contributed by atoms with Crippen LogP contribution in [0, 0.1) is 0 Å². The summed E-state index contributed by atoms with van der Waals surface area (Å²) in [6.07, 6.45) is 7.81. The molecule has 2 saturated heterocycles. The highest BCUT2D eigenvalue weighted by atomic mass is 16.2. The van der Waals surface area contributed by atoms with Gasteiger partial charge in [0.25, 0.3) is 0 Å². The number of amides is 1. The van der Waals surface area contributed by atoms with Crippen LogP contribution in [0.1, 0.15) is 32.1 Å². The van der Waals surface area contributed by atoms with Gasteiger partial charge in [-0.25, -0.2) is 4.98 Å². The summed E-state index contributed by atoms with van der Waals surface area (Å²) < 4.78 is 1.70. The molecule has 18 heavy (non-hydrogen) atoms. The predicted octanol–water partition coefficient (Wildman–Crippen LogP) is 0.149. The second-order valence-corrected chi connectivity index (χ2v) is 5.33. The predicted molar refractivity (Wildman–Crippen MR) is 65.5 cm³/mol. The minimum absolute atomic E-state index is 0.241. The van der Waals surface area contributed by atoms with Gasteiger partial charge in [-0.05, 0) is 25.7 Å². The lowest BCUT2D eigenvalue weighted by molar-refractivity contribution is -0.136. The van der Waals surface area contributed by atoms with Crippen molar-refractivity contribution in [3.05, 3.63) is 12.7 Å². The molecule has 1 aromatic rings. The Morgan fingerprint density at radius 1 is 1.33 bits per heavy atom. The number of hydrogen-bond donors (Lipinski definition) is 1. The normalized spacial score (nSPS) is 30.7. The van der Waals surface area contributed by atoms with E-state index in [9.17, 15) is 4.79 Å². The number of hydrogen-bond acceptors (Lipinski definition) is 4. The summed E-state index contributed by atoms with van der Waals surface area (Å²) in [7, 11) is 0. The van der Waals surface area contributed by atoms with Crippen molar-refractivity contribution in [1.82, 2.24) is 19.7 Å². The zero-order valence-corrected chi connectivity index (χ0v) is 10.4. The summed E-state index contributed by atoms with van der Waals surface area (Å²) >= 11 is 0. The highest BCUT2D eigenvalue weighted by Gasteiger charge is 2.41. The molecule has 2 bridgehead atoms. The maximum atomic E-state index is 12.3. The molecule has 2 N–H and O–H groups in total. The molecule has 1 aromatic heterocycles. The van der Waals surface area contributed by atoms with Crippen LogP contribution in [0.15, 0.2) is 12.7 Å². The number of nitrogens with zero attached hydrogens (tertiary/aromatic N) is 4. The second kappa shape index (κ2) is 4.68. The molecule has 3 rings (SSSR count). The van der Waals surface area contributed by atoms with Crippen LogP contribution < -0.4 is 5.73 Å². The molecule has 98 valence electrons. The molecule has 6 nitrogen and oxygen atoms in total. The molecule has 2 aliphatic rings. The summed E-state index contributed by atoms with van der Waals surface area (Å²) in [5.74, 6) is 0.241. The summed E-state index contributed by atoms with van der Waals surface area (Å²) in [4.78, 5) is 18.2. The molecule has 2 unspecified atom stereocenters. The van der Waals surface area contributed by atoms with Crippen LogP contribution in [0.3, 0.4) is 0 Å². The topological polar surface area (TPSA) is 77.0 Å². The zero-order valence-electron chi connectivity index (χ0n) is 10.4. The minimum Gasteiger partial charge on any atom is -0.337 e. The molecule has 0 spiro atoms. The Morgan fingerprint density at radius 3 is 2.67 bits per heavy atom. The molecule has 6 heteroatoms. The molecule has 0 aromatic carbocycles. The second-order valence-electron chi connectivity index (χ2n) is 5.33. The van der Waals surface area contributed by atoms with E-state index in [1.54, 1.807) is 11.0 Å². The third-order valence-electron chi connectivity index (χ3n) is 4.08. The quantitative estimate of drug-likeness (QED) is 0.827. The number of carbonyl (C=O) groups excluding carboxylic acids is 1. The van der Waals surface area contributed by atoms with Gasteiger partial charge in [0, 0.05) is 24.5 Å². The Morgan fingerprint density at radius 2 is 2.06 bits per heavy atom. The van der Waals surface area contributed by atoms with E-state index in [1.165, 1.54) is 6.33 Å². The number of aryl methyl sites for hydroxylation is 1. The summed E-state index contributed by atoms with van der Waals surface area (Å²) in [5.41, 5.74) is 6.01. The van der Waals surface area contributed by atoms with Crippen molar-refractivity contribution in [3.63, 3.8) is 0 Å². The first-order chi connectivity index (χ1) is 8.74. The van der Waals surface area contributed by atoms with Crippen molar-refractivity contribution in [1.29, 1.82) is 0 Å². The van der Waals surface area contributed by atoms with Gasteiger partial charge in [0.15, 0.2) is 0 Å². The molecular formula is C12H19N5O. The van der Waals surface area contributed by atoms with Crippen molar-refractivity contribution >= 4 is 5.91 Å². The van der Waals surface area contributed by atoms with Crippen molar-refractivity contribution in [2.45, 2.75) is 56.8 Å². The Labute approximate surface area is 106 Å². The Hall–Kier alpha value is -1.43. The highest BCUT2D eigenvalue weighted by molar-refractivity contribution is 5.77. The average molecular weight is 249 g/mol. The SMILES string of the molecule is NC1CC2CCC(C1)N2C(=O)CCn1cncn1. The molecule has 1 amide bonds. The summed E-state index contributed by atoms with van der Waals surface area (Å²) in [5, 5.41) is 4.01. The standard InChI is InChI=1S/C12H19N5O/c13-9-5-10-1-2-11(6-9)17(10)12(18)3-4-16-8-14-7-15-16/h7-11H,1-6,13H2. The first kappa shape index (κ1) is 11.6. The zero-order chi connectivity index (χ0) is 12.5. The van der Waals surface area contributed by atoms with Crippen molar-refractivity contribution < 1.29 is 4.79 Å². The van der Waals surface area contributed by atoms with E-state index in [0.29, 0.717) is 25.0 Å². The van der Waals surface area contributed by atoms with Gasteiger partial charge in [-0.3, -0.25) is 9.48 Å². The molecule has 3 heterocycles. The fourth-order valence-electron chi connectivity index (χ4n) is 3.31. The van der Waals surface area contributed by atoms with Crippen LogP contribution in [0.2, 0.25) is 0 Å². The van der Waals surface area contributed by atoms with Crippen LogP contribution in [-0.4, -0.2) is 43.7 Å². The average Bonchev–Trinajstić information content (AvgIpc) is 2.94. The van der Waals surface area contributed by atoms with E-state index in [-0.39, 0.29) is 11.9 Å². The van der Waals surface area contributed by atoms with E-state index in [0.717, 1.165) is 25.7 Å². The molecule has 2 atom stereocenters. The molecular weight excluding hydrogens is 230 g/mol. The fourth-order valence-corrected chi connectivity index (χ4v) is 3.31. The van der Waals surface area contributed by atoms with Gasteiger partial charge < -0.3 is 10.6 Å². The molecule has 0 radical (unpaired) electrons. The van der Waals surface area contributed by atoms with Crippen LogP contribution >= 0.6 is 0 Å².